The number of carboxylic acids is 1. The second-order valence-corrected chi connectivity index (χ2v) is 6.38. The Morgan fingerprint density at radius 3 is 2.75 bits per heavy atom. The summed E-state index contributed by atoms with van der Waals surface area (Å²) in [6.45, 7) is 2.31. The fraction of sp³-hybridized carbons (Fsp3) is 0.700. The lowest BCUT2D eigenvalue weighted by molar-refractivity contribution is -0.132. The summed E-state index contributed by atoms with van der Waals surface area (Å²) in [6, 6.07) is 0. The van der Waals surface area contributed by atoms with Gasteiger partial charge in [0.2, 0.25) is 0 Å². The molecular formula is C10H17NO4S. The highest BCUT2D eigenvalue weighted by Crippen LogP contribution is 2.18. The maximum Gasteiger partial charge on any atom is 0.330 e. The molecule has 0 radical (unpaired) electrons. The minimum Gasteiger partial charge on any atom is -0.478 e. The van der Waals surface area contributed by atoms with Crippen LogP contribution in [0.5, 0.6) is 0 Å². The van der Waals surface area contributed by atoms with Crippen molar-refractivity contribution in [1.82, 2.24) is 5.32 Å². The van der Waals surface area contributed by atoms with Gasteiger partial charge in [-0.3, -0.25) is 0 Å². The molecule has 0 aromatic heterocycles. The molecule has 1 unspecified atom stereocenters. The Bertz CT molecular complexity index is 386. The lowest BCUT2D eigenvalue weighted by atomic mass is 10.2. The summed E-state index contributed by atoms with van der Waals surface area (Å²) >= 11 is 0. The first-order chi connectivity index (χ1) is 7.43. The van der Waals surface area contributed by atoms with Gasteiger partial charge in [0.1, 0.15) is 0 Å². The zero-order valence-corrected chi connectivity index (χ0v) is 10.1. The highest BCUT2D eigenvalue weighted by atomic mass is 32.2. The van der Waals surface area contributed by atoms with E-state index >= 15 is 0 Å². The van der Waals surface area contributed by atoms with Gasteiger partial charge in [0.25, 0.3) is 0 Å². The number of hydrogen-bond donors (Lipinski definition) is 2. The molecule has 1 aliphatic heterocycles. The van der Waals surface area contributed by atoms with Gasteiger partial charge in [-0.2, -0.15) is 0 Å². The van der Waals surface area contributed by atoms with E-state index in [9.17, 15) is 13.2 Å². The summed E-state index contributed by atoms with van der Waals surface area (Å²) in [4.78, 5) is 10.5. The Labute approximate surface area is 95.5 Å². The number of rotatable bonds is 5. The van der Waals surface area contributed by atoms with Gasteiger partial charge < -0.3 is 10.4 Å². The number of carboxylic acid groups (broad SMARTS) is 1. The van der Waals surface area contributed by atoms with Crippen LogP contribution in [0.3, 0.4) is 0 Å². The molecule has 0 amide bonds. The Kier molecular flexibility index (Phi) is 4.49. The van der Waals surface area contributed by atoms with Gasteiger partial charge in [0.15, 0.2) is 9.84 Å². The van der Waals surface area contributed by atoms with E-state index in [0.29, 0.717) is 19.5 Å². The van der Waals surface area contributed by atoms with Crippen LogP contribution < -0.4 is 5.32 Å². The fourth-order valence-electron chi connectivity index (χ4n) is 1.64. The van der Waals surface area contributed by atoms with E-state index < -0.39 is 15.8 Å². The molecule has 5 nitrogen and oxygen atoms in total. The standard InChI is InChI=1S/C10H17NO4S/c1-8(10(12)13)4-5-11-7-9-3-2-6-16(9,14)15/h4,9,11H,2-3,5-7H2,1H3,(H,12,13). The smallest absolute Gasteiger partial charge is 0.330 e. The molecule has 2 N–H and O–H groups in total. The summed E-state index contributed by atoms with van der Waals surface area (Å²) in [7, 11) is -2.90. The van der Waals surface area contributed by atoms with E-state index in [-0.39, 0.29) is 16.6 Å². The van der Waals surface area contributed by atoms with Crippen molar-refractivity contribution in [2.24, 2.45) is 0 Å². The summed E-state index contributed by atoms with van der Waals surface area (Å²) < 4.78 is 22.9. The monoisotopic (exact) mass is 247 g/mol. The van der Waals surface area contributed by atoms with Crippen molar-refractivity contribution >= 4 is 15.8 Å². The van der Waals surface area contributed by atoms with Gasteiger partial charge in [-0.25, -0.2) is 13.2 Å². The predicted molar refractivity (Wildman–Crippen MR) is 61.1 cm³/mol. The minimum absolute atomic E-state index is 0.266. The molecule has 1 saturated heterocycles. The lowest BCUT2D eigenvalue weighted by Gasteiger charge is -2.09. The molecule has 6 heteroatoms. The van der Waals surface area contributed by atoms with E-state index in [0.717, 1.165) is 6.42 Å². The molecule has 1 aliphatic rings. The molecule has 1 heterocycles. The maximum atomic E-state index is 11.4. The molecule has 1 fully saturated rings. The van der Waals surface area contributed by atoms with Gasteiger partial charge in [0.05, 0.1) is 11.0 Å². The summed E-state index contributed by atoms with van der Waals surface area (Å²) in [5, 5.41) is 11.2. The molecule has 0 aromatic carbocycles. The summed E-state index contributed by atoms with van der Waals surface area (Å²) in [5.41, 5.74) is 0.266. The first-order valence-electron chi connectivity index (χ1n) is 5.26. The Morgan fingerprint density at radius 1 is 1.56 bits per heavy atom. The third kappa shape index (κ3) is 3.61. The molecule has 16 heavy (non-hydrogen) atoms. The zero-order chi connectivity index (χ0) is 12.2. The number of nitrogens with one attached hydrogen (secondary N) is 1. The van der Waals surface area contributed by atoms with E-state index in [1.54, 1.807) is 6.08 Å². The number of carbonyl (C=O) groups is 1. The van der Waals surface area contributed by atoms with Crippen molar-refractivity contribution < 1.29 is 18.3 Å². The van der Waals surface area contributed by atoms with Crippen LogP contribution in [0.25, 0.3) is 0 Å². The normalized spacial score (nSPS) is 24.6. The molecule has 0 aliphatic carbocycles. The fourth-order valence-corrected chi connectivity index (χ4v) is 3.44. The molecule has 0 aromatic rings. The molecule has 0 bridgehead atoms. The molecule has 1 rings (SSSR count). The second-order valence-electron chi connectivity index (χ2n) is 3.98. The van der Waals surface area contributed by atoms with Crippen molar-refractivity contribution in [2.45, 2.75) is 25.0 Å². The van der Waals surface area contributed by atoms with Crippen molar-refractivity contribution in [3.63, 3.8) is 0 Å². The van der Waals surface area contributed by atoms with Crippen LogP contribution in [0.1, 0.15) is 19.8 Å². The van der Waals surface area contributed by atoms with Gasteiger partial charge >= 0.3 is 5.97 Å². The largest absolute Gasteiger partial charge is 0.478 e. The topological polar surface area (TPSA) is 83.5 Å². The third-order valence-electron chi connectivity index (χ3n) is 2.72. The van der Waals surface area contributed by atoms with Crippen molar-refractivity contribution in [3.05, 3.63) is 11.6 Å². The molecular weight excluding hydrogens is 230 g/mol. The second kappa shape index (κ2) is 5.45. The Morgan fingerprint density at radius 2 is 2.25 bits per heavy atom. The highest BCUT2D eigenvalue weighted by Gasteiger charge is 2.30. The van der Waals surface area contributed by atoms with Crippen LogP contribution in [0.15, 0.2) is 11.6 Å². The summed E-state index contributed by atoms with van der Waals surface area (Å²) in [6.07, 6.45) is 2.99. The maximum absolute atomic E-state index is 11.4. The average molecular weight is 247 g/mol. The SMILES string of the molecule is CC(=CCNCC1CCCS1(=O)=O)C(=O)O. The van der Waals surface area contributed by atoms with E-state index in [4.69, 9.17) is 5.11 Å². The van der Waals surface area contributed by atoms with Gasteiger partial charge in [-0.15, -0.1) is 0 Å². The quantitative estimate of drug-likeness (QED) is 0.535. The lowest BCUT2D eigenvalue weighted by Crippen LogP contribution is -2.30. The number of hydrogen-bond acceptors (Lipinski definition) is 4. The van der Waals surface area contributed by atoms with Crippen molar-refractivity contribution in [1.29, 1.82) is 0 Å². The number of aliphatic carboxylic acids is 1. The first kappa shape index (κ1) is 13.2. The van der Waals surface area contributed by atoms with Crippen LogP contribution >= 0.6 is 0 Å². The van der Waals surface area contributed by atoms with Gasteiger partial charge in [-0.05, 0) is 19.8 Å². The van der Waals surface area contributed by atoms with Gasteiger partial charge in [0, 0.05) is 18.7 Å². The van der Waals surface area contributed by atoms with E-state index in [1.165, 1.54) is 6.92 Å². The summed E-state index contributed by atoms with van der Waals surface area (Å²) in [5.74, 6) is -0.668. The van der Waals surface area contributed by atoms with E-state index in [1.807, 2.05) is 0 Å². The van der Waals surface area contributed by atoms with Crippen LogP contribution in [0, 0.1) is 0 Å². The highest BCUT2D eigenvalue weighted by molar-refractivity contribution is 7.92. The van der Waals surface area contributed by atoms with Gasteiger partial charge in [-0.1, -0.05) is 6.08 Å². The van der Waals surface area contributed by atoms with E-state index in [2.05, 4.69) is 5.32 Å². The van der Waals surface area contributed by atoms with Crippen molar-refractivity contribution in [3.8, 4) is 0 Å². The molecule has 0 saturated carbocycles. The molecule has 92 valence electrons. The minimum atomic E-state index is -2.90. The van der Waals surface area contributed by atoms with Crippen LogP contribution in [0.2, 0.25) is 0 Å². The van der Waals surface area contributed by atoms with Crippen LogP contribution in [-0.2, 0) is 14.6 Å². The van der Waals surface area contributed by atoms with Crippen LogP contribution in [-0.4, -0.2) is 43.6 Å². The van der Waals surface area contributed by atoms with Crippen LogP contribution in [0.4, 0.5) is 0 Å². The Balaban J connectivity index is 2.32. The Hall–Kier alpha value is -0.880. The molecule has 1 atom stereocenters. The number of sulfone groups is 1. The zero-order valence-electron chi connectivity index (χ0n) is 9.27. The first-order valence-corrected chi connectivity index (χ1v) is 6.97. The average Bonchev–Trinajstić information content (AvgIpc) is 2.52. The molecule has 0 spiro atoms. The van der Waals surface area contributed by atoms with Crippen molar-refractivity contribution in [2.75, 3.05) is 18.8 Å². The third-order valence-corrected chi connectivity index (χ3v) is 5.00. The predicted octanol–water partition coefficient (Wildman–Crippen LogP) is 0.184.